The number of hydrogen-bond acceptors (Lipinski definition) is 10. The minimum absolute atomic E-state index is 0.167. The summed E-state index contributed by atoms with van der Waals surface area (Å²) in [7, 11) is 0. The molecular formula is C32H48N8O4. The summed E-state index contributed by atoms with van der Waals surface area (Å²) in [6.07, 6.45) is 2.57. The third-order valence-electron chi connectivity index (χ3n) is 8.36. The number of benzene rings is 1. The molecule has 1 unspecified atom stereocenters. The normalized spacial score (nSPS) is 19.1. The van der Waals surface area contributed by atoms with Crippen LogP contribution in [0.1, 0.15) is 48.8 Å². The van der Waals surface area contributed by atoms with E-state index >= 15 is 0 Å². The highest BCUT2D eigenvalue weighted by atomic mass is 16.6. The van der Waals surface area contributed by atoms with E-state index in [4.69, 9.17) is 4.74 Å². The van der Waals surface area contributed by atoms with Crippen LogP contribution in [-0.4, -0.2) is 136 Å². The molecule has 3 aliphatic rings. The highest BCUT2D eigenvalue weighted by molar-refractivity contribution is 5.92. The number of likely N-dealkylation sites (tertiary alicyclic amines) is 1. The molecule has 3 aliphatic heterocycles. The standard InChI is InChI=1S/C32H48N8O4/c1-32(2,3)44-31(43)40-15-13-37(14-16-40)10-6-11-38-20-26(21-38)36-29-17-28(34-23-35-29)30(42)33-18-27(41)22-39-12-9-24-7-4-5-8-25(24)19-39/h4-5,7-8,17,23,26-27,41H,6,9-16,18-22H2,1-3H3,(H,33,42)(H,34,35,36). The van der Waals surface area contributed by atoms with Crippen molar-refractivity contribution in [2.45, 2.75) is 57.9 Å². The van der Waals surface area contributed by atoms with Crippen molar-refractivity contribution in [3.8, 4) is 0 Å². The molecule has 12 nitrogen and oxygen atoms in total. The second kappa shape index (κ2) is 14.6. The van der Waals surface area contributed by atoms with Gasteiger partial charge in [0.05, 0.1) is 12.1 Å². The predicted molar refractivity (Wildman–Crippen MR) is 169 cm³/mol. The molecule has 44 heavy (non-hydrogen) atoms. The molecule has 240 valence electrons. The monoisotopic (exact) mass is 608 g/mol. The molecule has 5 rings (SSSR count). The summed E-state index contributed by atoms with van der Waals surface area (Å²) >= 11 is 0. The van der Waals surface area contributed by atoms with Crippen LogP contribution in [0.5, 0.6) is 0 Å². The van der Waals surface area contributed by atoms with Crippen LogP contribution in [0, 0.1) is 0 Å². The second-order valence-corrected chi connectivity index (χ2v) is 13.2. The fourth-order valence-corrected chi connectivity index (χ4v) is 5.99. The lowest BCUT2D eigenvalue weighted by atomic mass is 10.00. The minimum Gasteiger partial charge on any atom is -0.444 e. The van der Waals surface area contributed by atoms with Crippen molar-refractivity contribution in [3.63, 3.8) is 0 Å². The van der Waals surface area contributed by atoms with Crippen LogP contribution in [0.25, 0.3) is 0 Å². The van der Waals surface area contributed by atoms with Crippen molar-refractivity contribution < 1.29 is 19.4 Å². The summed E-state index contributed by atoms with van der Waals surface area (Å²) in [5.74, 6) is 0.311. The Bertz CT molecular complexity index is 1260. The number of aliphatic hydroxyl groups is 1. The van der Waals surface area contributed by atoms with E-state index < -0.39 is 11.7 Å². The zero-order chi connectivity index (χ0) is 31.1. The lowest BCUT2D eigenvalue weighted by molar-refractivity contribution is 0.0141. The van der Waals surface area contributed by atoms with Crippen molar-refractivity contribution in [1.82, 2.24) is 34.9 Å². The van der Waals surface area contributed by atoms with Gasteiger partial charge in [0, 0.05) is 71.5 Å². The quantitative estimate of drug-likeness (QED) is 0.347. The summed E-state index contributed by atoms with van der Waals surface area (Å²) in [6.45, 7) is 15.1. The van der Waals surface area contributed by atoms with Gasteiger partial charge in [-0.3, -0.25) is 19.5 Å². The van der Waals surface area contributed by atoms with Crippen LogP contribution in [0.15, 0.2) is 36.7 Å². The van der Waals surface area contributed by atoms with E-state index in [0.29, 0.717) is 25.5 Å². The Morgan fingerprint density at radius 1 is 1.00 bits per heavy atom. The first-order chi connectivity index (χ1) is 21.1. The summed E-state index contributed by atoms with van der Waals surface area (Å²) in [4.78, 5) is 42.3. The number of fused-ring (bicyclic) bond motifs is 1. The van der Waals surface area contributed by atoms with Gasteiger partial charge in [-0.15, -0.1) is 0 Å². The first-order valence-electron chi connectivity index (χ1n) is 15.9. The average molecular weight is 609 g/mol. The van der Waals surface area contributed by atoms with Gasteiger partial charge in [-0.2, -0.15) is 0 Å². The second-order valence-electron chi connectivity index (χ2n) is 13.2. The van der Waals surface area contributed by atoms with Gasteiger partial charge in [0.1, 0.15) is 23.4 Å². The molecule has 2 saturated heterocycles. The maximum atomic E-state index is 12.7. The van der Waals surface area contributed by atoms with Gasteiger partial charge in [0.25, 0.3) is 5.91 Å². The number of carbonyl (C=O) groups is 2. The highest BCUT2D eigenvalue weighted by Gasteiger charge is 2.28. The third kappa shape index (κ3) is 9.34. The van der Waals surface area contributed by atoms with Crippen molar-refractivity contribution in [2.75, 3.05) is 77.3 Å². The zero-order valence-electron chi connectivity index (χ0n) is 26.4. The third-order valence-corrected chi connectivity index (χ3v) is 8.36. The summed E-state index contributed by atoms with van der Waals surface area (Å²) in [5.41, 5.74) is 2.49. The maximum absolute atomic E-state index is 12.7. The molecule has 0 aliphatic carbocycles. The lowest BCUT2D eigenvalue weighted by Gasteiger charge is -2.40. The molecule has 2 aromatic rings. The van der Waals surface area contributed by atoms with Gasteiger partial charge in [-0.1, -0.05) is 24.3 Å². The van der Waals surface area contributed by atoms with E-state index in [2.05, 4.69) is 53.5 Å². The van der Waals surface area contributed by atoms with E-state index in [-0.39, 0.29) is 30.3 Å². The van der Waals surface area contributed by atoms with Crippen LogP contribution in [0.2, 0.25) is 0 Å². The highest BCUT2D eigenvalue weighted by Crippen LogP contribution is 2.19. The Morgan fingerprint density at radius 3 is 2.48 bits per heavy atom. The first-order valence-corrected chi connectivity index (χ1v) is 15.9. The number of aromatic nitrogens is 2. The Balaban J connectivity index is 0.946. The maximum Gasteiger partial charge on any atom is 0.410 e. The van der Waals surface area contributed by atoms with Gasteiger partial charge in [0.15, 0.2) is 0 Å². The lowest BCUT2D eigenvalue weighted by Crippen LogP contribution is -2.55. The zero-order valence-corrected chi connectivity index (χ0v) is 26.4. The van der Waals surface area contributed by atoms with Gasteiger partial charge >= 0.3 is 6.09 Å². The van der Waals surface area contributed by atoms with E-state index in [1.807, 2.05) is 26.8 Å². The summed E-state index contributed by atoms with van der Waals surface area (Å²) < 4.78 is 5.49. The number of piperazine rings is 1. The minimum atomic E-state index is -0.661. The fraction of sp³-hybridized carbons (Fsp3) is 0.625. The predicted octanol–water partition coefficient (Wildman–Crippen LogP) is 1.66. The van der Waals surface area contributed by atoms with E-state index in [1.165, 1.54) is 17.5 Å². The number of nitrogens with zero attached hydrogens (tertiary/aromatic N) is 6. The number of amides is 2. The van der Waals surface area contributed by atoms with Gasteiger partial charge in [0.2, 0.25) is 0 Å². The average Bonchev–Trinajstić information content (AvgIpc) is 2.98. The molecule has 1 aromatic heterocycles. The Morgan fingerprint density at radius 2 is 1.73 bits per heavy atom. The summed E-state index contributed by atoms with van der Waals surface area (Å²) in [6, 6.07) is 10.4. The van der Waals surface area contributed by atoms with Crippen molar-refractivity contribution in [3.05, 3.63) is 53.5 Å². The molecule has 3 N–H and O–H groups in total. The number of nitrogens with one attached hydrogen (secondary N) is 2. The first kappa shape index (κ1) is 32.1. The molecule has 12 heteroatoms. The van der Waals surface area contributed by atoms with Gasteiger partial charge in [-0.05, 0) is 57.8 Å². The largest absolute Gasteiger partial charge is 0.444 e. The molecule has 1 atom stereocenters. The number of ether oxygens (including phenoxy) is 1. The molecule has 1 aromatic carbocycles. The number of aliphatic hydroxyl groups excluding tert-OH is 1. The van der Waals surface area contributed by atoms with Crippen LogP contribution in [0.3, 0.4) is 0 Å². The SMILES string of the molecule is CC(C)(C)OC(=O)N1CCN(CCCN2CC(Nc3cc(C(=O)NCC(O)CN4CCc5ccccc5C4)ncn3)C2)CC1. The van der Waals surface area contributed by atoms with Crippen LogP contribution in [0.4, 0.5) is 10.6 Å². The van der Waals surface area contributed by atoms with Crippen molar-refractivity contribution >= 4 is 17.8 Å². The van der Waals surface area contributed by atoms with Crippen molar-refractivity contribution in [2.24, 2.45) is 0 Å². The van der Waals surface area contributed by atoms with Crippen LogP contribution < -0.4 is 10.6 Å². The molecule has 0 spiro atoms. The fourth-order valence-electron chi connectivity index (χ4n) is 5.99. The number of carbonyl (C=O) groups excluding carboxylic acids is 2. The van der Waals surface area contributed by atoms with Crippen LogP contribution in [-0.2, 0) is 17.7 Å². The number of anilines is 1. The summed E-state index contributed by atoms with van der Waals surface area (Å²) in [5, 5.41) is 16.8. The number of β-amino-alcohol motifs (C(OH)–C–C–N with tert-alkyl or cyclic N) is 1. The number of rotatable bonds is 11. The molecule has 0 radical (unpaired) electrons. The van der Waals surface area contributed by atoms with Gasteiger partial charge < -0.3 is 25.4 Å². The van der Waals surface area contributed by atoms with Crippen LogP contribution >= 0.6 is 0 Å². The molecule has 4 heterocycles. The Kier molecular flexibility index (Phi) is 10.7. The van der Waals surface area contributed by atoms with Crippen molar-refractivity contribution in [1.29, 1.82) is 0 Å². The van der Waals surface area contributed by atoms with E-state index in [1.54, 1.807) is 11.0 Å². The smallest absolute Gasteiger partial charge is 0.410 e. The molecule has 0 saturated carbocycles. The molecular weight excluding hydrogens is 560 g/mol. The molecule has 2 fully saturated rings. The topological polar surface area (TPSA) is 126 Å². The van der Waals surface area contributed by atoms with E-state index in [9.17, 15) is 14.7 Å². The van der Waals surface area contributed by atoms with E-state index in [0.717, 1.165) is 65.2 Å². The van der Waals surface area contributed by atoms with Gasteiger partial charge in [-0.25, -0.2) is 14.8 Å². The Labute approximate surface area is 260 Å². The molecule has 0 bridgehead atoms. The molecule has 2 amide bonds. The Hall–Kier alpha value is -3.32. The number of hydrogen-bond donors (Lipinski definition) is 3.